The summed E-state index contributed by atoms with van der Waals surface area (Å²) in [6.07, 6.45) is 1.71. The summed E-state index contributed by atoms with van der Waals surface area (Å²) in [5.41, 5.74) is 6.15. The molecule has 0 fully saturated rings. The fourth-order valence-electron chi connectivity index (χ4n) is 3.04. The Hall–Kier alpha value is -2.62. The van der Waals surface area contributed by atoms with Gasteiger partial charge >= 0.3 is 0 Å². The summed E-state index contributed by atoms with van der Waals surface area (Å²) >= 11 is 0. The number of hydrogen-bond acceptors (Lipinski definition) is 2. The van der Waals surface area contributed by atoms with E-state index in [2.05, 4.69) is 23.2 Å². The number of H-pyrrole nitrogens is 1. The average Bonchev–Trinajstić information content (AvgIpc) is 2.81. The Bertz CT molecular complexity index is 849. The van der Waals surface area contributed by atoms with Gasteiger partial charge in [-0.05, 0) is 22.8 Å². The highest BCUT2D eigenvalue weighted by Crippen LogP contribution is 2.33. The van der Waals surface area contributed by atoms with Crippen molar-refractivity contribution in [1.29, 1.82) is 0 Å². The number of aromatic nitrogens is 1. The minimum absolute atomic E-state index is 0.151. The fraction of sp³-hybridized carbons (Fsp3) is 0.125. The maximum Gasteiger partial charge on any atom is 0.270 e. The van der Waals surface area contributed by atoms with Gasteiger partial charge in [-0.25, -0.2) is 0 Å². The van der Waals surface area contributed by atoms with Crippen molar-refractivity contribution in [2.24, 2.45) is 0 Å². The Kier molecular flexibility index (Phi) is 2.21. The lowest BCUT2D eigenvalue weighted by Crippen LogP contribution is -2.05. The Morgan fingerprint density at radius 3 is 2.55 bits per heavy atom. The van der Waals surface area contributed by atoms with Crippen molar-refractivity contribution in [1.82, 2.24) is 4.98 Å². The zero-order valence-electron chi connectivity index (χ0n) is 10.7. The third kappa shape index (κ3) is 1.54. The van der Waals surface area contributed by atoms with Gasteiger partial charge in [0.05, 0.1) is 4.92 Å². The number of nitro groups is 1. The van der Waals surface area contributed by atoms with Gasteiger partial charge in [0.1, 0.15) is 0 Å². The number of nitro benzene ring substituents is 1. The van der Waals surface area contributed by atoms with Crippen molar-refractivity contribution in [2.45, 2.75) is 12.8 Å². The summed E-state index contributed by atoms with van der Waals surface area (Å²) in [5.74, 6) is 0. The van der Waals surface area contributed by atoms with Gasteiger partial charge in [-0.2, -0.15) is 0 Å². The van der Waals surface area contributed by atoms with Gasteiger partial charge in [0.25, 0.3) is 5.69 Å². The van der Waals surface area contributed by atoms with Crippen molar-refractivity contribution in [2.75, 3.05) is 0 Å². The maximum atomic E-state index is 10.9. The second-order valence-corrected chi connectivity index (χ2v) is 5.19. The van der Waals surface area contributed by atoms with Crippen LogP contribution in [-0.2, 0) is 12.8 Å². The monoisotopic (exact) mass is 264 g/mol. The van der Waals surface area contributed by atoms with Crippen LogP contribution in [0.2, 0.25) is 0 Å². The van der Waals surface area contributed by atoms with E-state index in [9.17, 15) is 10.1 Å². The van der Waals surface area contributed by atoms with E-state index in [0.29, 0.717) is 0 Å². The minimum atomic E-state index is -0.338. The quantitative estimate of drug-likeness (QED) is 0.422. The Balaban J connectivity index is 1.92. The first-order chi connectivity index (χ1) is 9.72. The van der Waals surface area contributed by atoms with Gasteiger partial charge in [-0.1, -0.05) is 24.3 Å². The first kappa shape index (κ1) is 11.2. The summed E-state index contributed by atoms with van der Waals surface area (Å²) in [7, 11) is 0. The van der Waals surface area contributed by atoms with Crippen molar-refractivity contribution >= 4 is 16.6 Å². The zero-order chi connectivity index (χ0) is 13.7. The molecule has 1 heterocycles. The van der Waals surface area contributed by atoms with Crippen molar-refractivity contribution in [3.63, 3.8) is 0 Å². The largest absolute Gasteiger partial charge is 0.358 e. The SMILES string of the molecule is O=[N+]([O-])c1ccc2[nH]c3c(c2c1)Cc1ccccc1C3. The highest BCUT2D eigenvalue weighted by molar-refractivity contribution is 5.87. The van der Waals surface area contributed by atoms with Gasteiger partial charge < -0.3 is 4.98 Å². The number of nitrogens with zero attached hydrogens (tertiary/aromatic N) is 1. The van der Waals surface area contributed by atoms with Crippen LogP contribution in [0.5, 0.6) is 0 Å². The highest BCUT2D eigenvalue weighted by Gasteiger charge is 2.20. The molecule has 1 aromatic heterocycles. The number of fused-ring (bicyclic) bond motifs is 4. The first-order valence-corrected chi connectivity index (χ1v) is 6.57. The number of hydrogen-bond donors (Lipinski definition) is 1. The summed E-state index contributed by atoms with van der Waals surface area (Å²) in [5, 5.41) is 11.9. The predicted octanol–water partition coefficient (Wildman–Crippen LogP) is 3.57. The van der Waals surface area contributed by atoms with Crippen LogP contribution in [0, 0.1) is 10.1 Å². The topological polar surface area (TPSA) is 58.9 Å². The molecule has 0 spiro atoms. The van der Waals surface area contributed by atoms with Crippen LogP contribution in [-0.4, -0.2) is 9.91 Å². The molecule has 0 aliphatic heterocycles. The van der Waals surface area contributed by atoms with Crippen LogP contribution in [0.3, 0.4) is 0 Å². The molecule has 0 bridgehead atoms. The molecule has 4 nitrogen and oxygen atoms in total. The van der Waals surface area contributed by atoms with Crippen molar-refractivity contribution < 1.29 is 4.92 Å². The second-order valence-electron chi connectivity index (χ2n) is 5.19. The van der Waals surface area contributed by atoms with Gasteiger partial charge in [0.15, 0.2) is 0 Å². The summed E-state index contributed by atoms with van der Waals surface area (Å²) in [4.78, 5) is 14.0. The second kappa shape index (κ2) is 3.93. The van der Waals surface area contributed by atoms with Crippen LogP contribution in [0.1, 0.15) is 22.4 Å². The van der Waals surface area contributed by atoms with E-state index in [1.54, 1.807) is 18.2 Å². The molecule has 0 unspecified atom stereocenters. The number of benzene rings is 2. The molecule has 0 amide bonds. The van der Waals surface area contributed by atoms with E-state index in [-0.39, 0.29) is 10.6 Å². The molecule has 1 aliphatic carbocycles. The third-order valence-corrected chi connectivity index (χ3v) is 4.04. The van der Waals surface area contributed by atoms with E-state index >= 15 is 0 Å². The molecule has 98 valence electrons. The molecule has 0 atom stereocenters. The van der Waals surface area contributed by atoms with Crippen LogP contribution < -0.4 is 0 Å². The average molecular weight is 264 g/mol. The molecule has 1 aliphatic rings. The van der Waals surface area contributed by atoms with Gasteiger partial charge in [0, 0.05) is 41.6 Å². The van der Waals surface area contributed by atoms with Crippen LogP contribution in [0.4, 0.5) is 5.69 Å². The first-order valence-electron chi connectivity index (χ1n) is 6.57. The fourth-order valence-corrected chi connectivity index (χ4v) is 3.04. The van der Waals surface area contributed by atoms with Crippen LogP contribution >= 0.6 is 0 Å². The number of non-ortho nitro benzene ring substituents is 1. The number of rotatable bonds is 1. The predicted molar refractivity (Wildman–Crippen MR) is 77.0 cm³/mol. The van der Waals surface area contributed by atoms with Gasteiger partial charge in [0.2, 0.25) is 0 Å². The molecular weight excluding hydrogens is 252 g/mol. The van der Waals surface area contributed by atoms with Crippen molar-refractivity contribution in [3.8, 4) is 0 Å². The molecule has 3 aromatic rings. The molecule has 0 radical (unpaired) electrons. The standard InChI is InChI=1S/C16H12N2O2/c19-18(20)12-5-6-15-14(9-12)13-7-10-3-1-2-4-11(10)8-16(13)17-15/h1-6,9,17H,7-8H2. The minimum Gasteiger partial charge on any atom is -0.358 e. The van der Waals surface area contributed by atoms with E-state index < -0.39 is 0 Å². The molecular formula is C16H12N2O2. The lowest BCUT2D eigenvalue weighted by atomic mass is 9.89. The van der Waals surface area contributed by atoms with Crippen LogP contribution in [0.15, 0.2) is 42.5 Å². The lowest BCUT2D eigenvalue weighted by Gasteiger charge is -2.16. The summed E-state index contributed by atoms with van der Waals surface area (Å²) in [6, 6.07) is 13.4. The lowest BCUT2D eigenvalue weighted by molar-refractivity contribution is -0.384. The number of aromatic amines is 1. The Morgan fingerprint density at radius 1 is 1.05 bits per heavy atom. The Morgan fingerprint density at radius 2 is 1.80 bits per heavy atom. The van der Waals surface area contributed by atoms with Gasteiger partial charge in [-0.3, -0.25) is 10.1 Å². The molecule has 0 saturated carbocycles. The van der Waals surface area contributed by atoms with Gasteiger partial charge in [-0.15, -0.1) is 0 Å². The third-order valence-electron chi connectivity index (χ3n) is 4.04. The smallest absolute Gasteiger partial charge is 0.270 e. The molecule has 4 heteroatoms. The summed E-state index contributed by atoms with van der Waals surface area (Å²) in [6.45, 7) is 0. The highest BCUT2D eigenvalue weighted by atomic mass is 16.6. The van der Waals surface area contributed by atoms with E-state index in [4.69, 9.17) is 0 Å². The molecule has 4 rings (SSSR count). The zero-order valence-corrected chi connectivity index (χ0v) is 10.7. The van der Waals surface area contributed by atoms with E-state index in [1.807, 2.05) is 6.07 Å². The molecule has 20 heavy (non-hydrogen) atoms. The normalized spacial score (nSPS) is 13.0. The van der Waals surface area contributed by atoms with Crippen molar-refractivity contribution in [3.05, 3.63) is 75.0 Å². The molecule has 0 saturated heterocycles. The number of nitrogens with one attached hydrogen (secondary N) is 1. The maximum absolute atomic E-state index is 10.9. The summed E-state index contributed by atoms with van der Waals surface area (Å²) < 4.78 is 0. The molecule has 2 aromatic carbocycles. The Labute approximate surface area is 115 Å². The van der Waals surface area contributed by atoms with Crippen LogP contribution in [0.25, 0.3) is 10.9 Å². The van der Waals surface area contributed by atoms with E-state index in [1.165, 1.54) is 22.4 Å². The molecule has 1 N–H and O–H groups in total. The van der Waals surface area contributed by atoms with E-state index in [0.717, 1.165) is 23.7 Å².